The third kappa shape index (κ3) is 3.97. The van der Waals surface area contributed by atoms with Crippen molar-refractivity contribution in [3.63, 3.8) is 0 Å². The molecule has 3 heteroatoms. The zero-order valence-electron chi connectivity index (χ0n) is 12.5. The number of benzene rings is 2. The van der Waals surface area contributed by atoms with Crippen molar-refractivity contribution in [1.82, 2.24) is 0 Å². The third-order valence-electron chi connectivity index (χ3n) is 3.23. The Hall–Kier alpha value is -1.09. The van der Waals surface area contributed by atoms with Crippen molar-refractivity contribution in [1.29, 1.82) is 0 Å². The normalized spacial score (nSPS) is 12.1. The molecule has 0 aromatic heterocycles. The van der Waals surface area contributed by atoms with Crippen LogP contribution >= 0.6 is 0 Å². The molecule has 0 amide bonds. The number of hydrogen-bond acceptors (Lipinski definition) is 0. The van der Waals surface area contributed by atoms with E-state index in [1.54, 1.807) is 0 Å². The third-order valence-corrected chi connectivity index (χ3v) is 3.23. The number of hydrogen-bond donors (Lipinski definition) is 0. The van der Waals surface area contributed by atoms with E-state index in [9.17, 15) is 8.78 Å². The number of fused-ring (bicyclic) bond motifs is 1. The van der Waals surface area contributed by atoms with E-state index < -0.39 is 11.6 Å². The van der Waals surface area contributed by atoms with Crippen molar-refractivity contribution in [2.45, 2.75) is 22.7 Å². The first-order valence-corrected chi connectivity index (χ1v) is 14.1. The van der Waals surface area contributed by atoms with Crippen LogP contribution in [0.1, 0.15) is 18.1 Å². The molecule has 0 saturated heterocycles. The fourth-order valence-electron chi connectivity index (χ4n) is 2.50. The minimum absolute atomic E-state index is 0.0833. The summed E-state index contributed by atoms with van der Waals surface area (Å²) in [6, 6.07) is 9.54. The summed E-state index contributed by atoms with van der Waals surface area (Å²) in [6.45, 7) is 2.07. The van der Waals surface area contributed by atoms with Gasteiger partial charge in [-0.1, -0.05) is 29.8 Å². The average Bonchev–Trinajstić information content (AvgIpc) is 2.78. The second-order valence-electron chi connectivity index (χ2n) is 5.20. The van der Waals surface area contributed by atoms with Gasteiger partial charge < -0.3 is 0 Å². The van der Waals surface area contributed by atoms with Crippen molar-refractivity contribution in [2.24, 2.45) is 0 Å². The van der Waals surface area contributed by atoms with Gasteiger partial charge in [0.15, 0.2) is 0 Å². The molecule has 0 nitrogen and oxygen atoms in total. The Morgan fingerprint density at radius 1 is 1.00 bits per heavy atom. The van der Waals surface area contributed by atoms with Gasteiger partial charge in [-0.15, -0.1) is 0 Å². The molecule has 0 spiro atoms. The molecular formula is C18H18F2Hf. The first kappa shape index (κ1) is 16.3. The van der Waals surface area contributed by atoms with Gasteiger partial charge in [-0.2, -0.15) is 0 Å². The van der Waals surface area contributed by atoms with Gasteiger partial charge in [0.1, 0.15) is 11.6 Å². The van der Waals surface area contributed by atoms with Crippen molar-refractivity contribution in [2.75, 3.05) is 0 Å². The zero-order valence-corrected chi connectivity index (χ0v) is 16.1. The molecule has 2 aromatic carbocycles. The summed E-state index contributed by atoms with van der Waals surface area (Å²) >= 11 is 0.0833. The van der Waals surface area contributed by atoms with Gasteiger partial charge in [-0.05, 0) is 47.7 Å². The number of allylic oxidation sites excluding steroid dienone is 1. The average molecular weight is 451 g/mol. The van der Waals surface area contributed by atoms with E-state index in [-0.39, 0.29) is 22.9 Å². The summed E-state index contributed by atoms with van der Waals surface area (Å²) in [6.07, 6.45) is 3.01. The van der Waals surface area contributed by atoms with Crippen LogP contribution in [0.2, 0.25) is 9.36 Å². The van der Waals surface area contributed by atoms with E-state index in [4.69, 9.17) is 0 Å². The van der Waals surface area contributed by atoms with Gasteiger partial charge in [0.25, 0.3) is 0 Å². The van der Waals surface area contributed by atoms with Gasteiger partial charge in [0.05, 0.1) is 0 Å². The quantitative estimate of drug-likeness (QED) is 0.485. The second-order valence-corrected chi connectivity index (χ2v) is 8.80. The first-order valence-electron chi connectivity index (χ1n) is 6.89. The van der Waals surface area contributed by atoms with Crippen LogP contribution in [0.15, 0.2) is 42.0 Å². The van der Waals surface area contributed by atoms with Gasteiger partial charge >= 0.3 is 32.3 Å². The predicted molar refractivity (Wildman–Crippen MR) is 80.9 cm³/mol. The van der Waals surface area contributed by atoms with E-state index in [0.29, 0.717) is 5.56 Å². The summed E-state index contributed by atoms with van der Waals surface area (Å²) in [5, 5.41) is 0. The summed E-state index contributed by atoms with van der Waals surface area (Å²) in [5.74, 6) is -1.08. The molecule has 0 unspecified atom stereocenters. The molecule has 2 aromatic rings. The molecule has 1 aliphatic carbocycles. The van der Waals surface area contributed by atoms with Crippen LogP contribution in [0.25, 0.3) is 17.2 Å². The summed E-state index contributed by atoms with van der Waals surface area (Å²) in [5.41, 5.74) is 5.06. The Bertz CT molecular complexity index is 655. The van der Waals surface area contributed by atoms with Gasteiger partial charge in [-0.25, -0.2) is 8.78 Å². The molecule has 0 N–H and O–H groups in total. The topological polar surface area (TPSA) is 0 Å². The van der Waals surface area contributed by atoms with Crippen LogP contribution in [-0.2, 0) is 29.3 Å². The zero-order chi connectivity index (χ0) is 15.4. The Morgan fingerprint density at radius 3 is 2.24 bits per heavy atom. The molecule has 0 heterocycles. The minimum atomic E-state index is -0.540. The molecule has 3 rings (SSSR count). The molecule has 108 valence electrons. The van der Waals surface area contributed by atoms with Crippen molar-refractivity contribution >= 4 is 6.08 Å². The fourth-order valence-corrected chi connectivity index (χ4v) is 2.50. The van der Waals surface area contributed by atoms with Crippen LogP contribution in [0.4, 0.5) is 8.78 Å². The van der Waals surface area contributed by atoms with Crippen LogP contribution in [0, 0.1) is 11.6 Å². The van der Waals surface area contributed by atoms with Crippen molar-refractivity contribution in [3.05, 3.63) is 64.7 Å². The molecule has 0 saturated carbocycles. The van der Waals surface area contributed by atoms with Crippen LogP contribution in [-0.4, -0.2) is 0 Å². The fraction of sp³-hybridized carbons (Fsp3) is 0.222. The van der Waals surface area contributed by atoms with Crippen molar-refractivity contribution < 1.29 is 31.7 Å². The summed E-state index contributed by atoms with van der Waals surface area (Å²) < 4.78 is 31.2. The summed E-state index contributed by atoms with van der Waals surface area (Å²) in [4.78, 5) is 0. The summed E-state index contributed by atoms with van der Waals surface area (Å²) in [7, 11) is 0. The standard InChI is InChI=1S/C16H12F2.2CH3.Hf/c1-10-5-11-3-2-4-15(16(11)6-10)12-7-13(17)9-14(18)8-12;;;/h2-4,6-9H,5H2,1H3;2*1H3;. The number of halogens is 2. The van der Waals surface area contributed by atoms with Gasteiger partial charge in [0.2, 0.25) is 0 Å². The van der Waals surface area contributed by atoms with Gasteiger partial charge in [0, 0.05) is 6.07 Å². The SMILES string of the molecule is CC1=Cc2c(cccc2-c2cc(F)cc(F)c2)C1.[CH3][Hf][CH3]. The second kappa shape index (κ2) is 7.26. The molecule has 0 radical (unpaired) electrons. The monoisotopic (exact) mass is 452 g/mol. The Balaban J connectivity index is 0.000000497. The Kier molecular flexibility index (Phi) is 5.63. The van der Waals surface area contributed by atoms with Crippen LogP contribution < -0.4 is 0 Å². The molecule has 0 atom stereocenters. The first-order chi connectivity index (χ1) is 10.0. The van der Waals surface area contributed by atoms with Gasteiger partial charge in [-0.3, -0.25) is 0 Å². The van der Waals surface area contributed by atoms with E-state index >= 15 is 0 Å². The Morgan fingerprint density at radius 2 is 1.62 bits per heavy atom. The van der Waals surface area contributed by atoms with Crippen molar-refractivity contribution in [3.8, 4) is 11.1 Å². The van der Waals surface area contributed by atoms with Crippen LogP contribution in [0.5, 0.6) is 0 Å². The maximum atomic E-state index is 13.3. The van der Waals surface area contributed by atoms with Crippen LogP contribution in [0.3, 0.4) is 0 Å². The maximum absolute atomic E-state index is 13.3. The molecule has 0 aliphatic heterocycles. The number of rotatable bonds is 1. The van der Waals surface area contributed by atoms with E-state index in [2.05, 4.69) is 28.4 Å². The Labute approximate surface area is 136 Å². The van der Waals surface area contributed by atoms with E-state index in [0.717, 1.165) is 23.6 Å². The molecule has 1 aliphatic rings. The molecule has 0 bridgehead atoms. The molecular weight excluding hydrogens is 433 g/mol. The molecule has 0 fully saturated rings. The predicted octanol–water partition coefficient (Wildman–Crippen LogP) is 5.76. The molecule has 21 heavy (non-hydrogen) atoms. The van der Waals surface area contributed by atoms with E-state index in [1.165, 1.54) is 23.3 Å². The van der Waals surface area contributed by atoms with E-state index in [1.807, 2.05) is 12.1 Å².